The lowest BCUT2D eigenvalue weighted by Gasteiger charge is -2.19. The number of esters is 1. The molecule has 7 heteroatoms. The molecule has 0 N–H and O–H groups in total. The summed E-state index contributed by atoms with van der Waals surface area (Å²) in [6.45, 7) is 3.54. The van der Waals surface area contributed by atoms with Crippen molar-refractivity contribution in [2.24, 2.45) is 0 Å². The zero-order valence-electron chi connectivity index (χ0n) is 13.8. The van der Waals surface area contributed by atoms with Gasteiger partial charge in [-0.25, -0.2) is 4.79 Å². The van der Waals surface area contributed by atoms with Gasteiger partial charge in [0, 0.05) is 11.6 Å². The quantitative estimate of drug-likeness (QED) is 0.580. The number of nitrogens with zero attached hydrogens (tertiary/aromatic N) is 1. The van der Waals surface area contributed by atoms with Crippen molar-refractivity contribution in [2.75, 3.05) is 13.7 Å². The van der Waals surface area contributed by atoms with Crippen molar-refractivity contribution < 1.29 is 23.9 Å². The van der Waals surface area contributed by atoms with Crippen molar-refractivity contribution >= 4 is 35.0 Å². The molecule has 128 valence electrons. The van der Waals surface area contributed by atoms with E-state index in [1.54, 1.807) is 30.3 Å². The van der Waals surface area contributed by atoms with Crippen molar-refractivity contribution in [2.45, 2.75) is 26.3 Å². The number of imide groups is 1. The molecule has 0 radical (unpaired) electrons. The highest BCUT2D eigenvalue weighted by Crippen LogP contribution is 2.35. The van der Waals surface area contributed by atoms with Crippen LogP contribution in [-0.2, 0) is 14.3 Å². The Morgan fingerprint density at radius 2 is 2.04 bits per heavy atom. The number of benzene rings is 1. The van der Waals surface area contributed by atoms with Gasteiger partial charge in [-0.3, -0.25) is 14.5 Å². The monoisotopic (exact) mass is 349 g/mol. The third-order valence-corrected chi connectivity index (χ3v) is 4.52. The summed E-state index contributed by atoms with van der Waals surface area (Å²) in [5.74, 6) is -0.359. The van der Waals surface area contributed by atoms with Crippen molar-refractivity contribution in [1.82, 2.24) is 4.90 Å². The fourth-order valence-electron chi connectivity index (χ4n) is 2.11. The molecule has 1 aromatic rings. The van der Waals surface area contributed by atoms with E-state index in [4.69, 9.17) is 4.74 Å². The Morgan fingerprint density at radius 3 is 2.71 bits per heavy atom. The largest absolute Gasteiger partial charge is 0.481 e. The molecule has 24 heavy (non-hydrogen) atoms. The Hall–Kier alpha value is -2.28. The zero-order chi connectivity index (χ0) is 17.7. The fraction of sp³-hybridized carbons (Fsp3) is 0.353. The highest BCUT2D eigenvalue weighted by molar-refractivity contribution is 8.18. The molecule has 1 heterocycles. The van der Waals surface area contributed by atoms with Gasteiger partial charge in [-0.05, 0) is 37.2 Å². The number of rotatable bonds is 6. The minimum atomic E-state index is -0.498. The highest BCUT2D eigenvalue weighted by Gasteiger charge is 2.37. The van der Waals surface area contributed by atoms with Gasteiger partial charge in [-0.1, -0.05) is 25.1 Å². The molecule has 2 rings (SSSR count). The predicted octanol–water partition coefficient (Wildman–Crippen LogP) is 3.07. The van der Waals surface area contributed by atoms with Gasteiger partial charge < -0.3 is 9.47 Å². The van der Waals surface area contributed by atoms with E-state index in [9.17, 15) is 14.4 Å². The van der Waals surface area contributed by atoms with E-state index < -0.39 is 5.97 Å². The number of thioether (sulfide) groups is 1. The minimum absolute atomic E-state index is 0.144. The van der Waals surface area contributed by atoms with Gasteiger partial charge in [0.1, 0.15) is 5.75 Å². The molecule has 0 unspecified atom stereocenters. The van der Waals surface area contributed by atoms with Crippen LogP contribution in [0.5, 0.6) is 5.75 Å². The summed E-state index contributed by atoms with van der Waals surface area (Å²) in [7, 11) is 1.28. The fourth-order valence-corrected chi connectivity index (χ4v) is 3.03. The minimum Gasteiger partial charge on any atom is -0.481 e. The second kappa shape index (κ2) is 8.01. The summed E-state index contributed by atoms with van der Waals surface area (Å²) in [5.41, 5.74) is 0.621. The average molecular weight is 349 g/mol. The summed E-state index contributed by atoms with van der Waals surface area (Å²) in [4.78, 5) is 37.3. The molecule has 0 aromatic heterocycles. The van der Waals surface area contributed by atoms with Crippen LogP contribution in [0.1, 0.15) is 25.8 Å². The van der Waals surface area contributed by atoms with Gasteiger partial charge in [0.15, 0.2) is 6.61 Å². The molecule has 2 amide bonds. The summed E-state index contributed by atoms with van der Waals surface area (Å²) in [6.07, 6.45) is 2.31. The van der Waals surface area contributed by atoms with E-state index in [0.717, 1.165) is 11.8 Å². The van der Waals surface area contributed by atoms with Crippen LogP contribution in [0.2, 0.25) is 0 Å². The number of hydrogen-bond acceptors (Lipinski definition) is 6. The number of amides is 2. The maximum atomic E-state index is 12.4. The number of ether oxygens (including phenoxy) is 2. The Morgan fingerprint density at radius 1 is 1.33 bits per heavy atom. The molecular weight excluding hydrogens is 330 g/mol. The Balaban J connectivity index is 2.24. The van der Waals surface area contributed by atoms with Crippen LogP contribution in [0.15, 0.2) is 29.2 Å². The van der Waals surface area contributed by atoms with Crippen molar-refractivity contribution in [3.63, 3.8) is 0 Å². The van der Waals surface area contributed by atoms with Crippen LogP contribution in [-0.4, -0.2) is 41.8 Å². The summed E-state index contributed by atoms with van der Waals surface area (Å²) >= 11 is 0.909. The van der Waals surface area contributed by atoms with E-state index in [1.807, 2.05) is 13.8 Å². The van der Waals surface area contributed by atoms with Crippen LogP contribution in [0.3, 0.4) is 0 Å². The second-order valence-corrected chi connectivity index (χ2v) is 6.20. The molecule has 1 aromatic carbocycles. The Kier molecular flexibility index (Phi) is 6.03. The number of carbonyl (C=O) groups is 3. The molecule has 0 saturated carbocycles. The molecular formula is C17H19NO5S. The lowest BCUT2D eigenvalue weighted by atomic mass is 10.1. The van der Waals surface area contributed by atoms with Crippen molar-refractivity contribution in [1.29, 1.82) is 0 Å². The lowest BCUT2D eigenvalue weighted by Crippen LogP contribution is -2.36. The lowest BCUT2D eigenvalue weighted by molar-refractivity contribution is -0.142. The number of carbonyl (C=O) groups excluding carboxylic acids is 3. The van der Waals surface area contributed by atoms with Crippen LogP contribution < -0.4 is 4.74 Å². The predicted molar refractivity (Wildman–Crippen MR) is 91.5 cm³/mol. The molecule has 1 saturated heterocycles. The van der Waals surface area contributed by atoms with Crippen LogP contribution >= 0.6 is 11.8 Å². The third-order valence-electron chi connectivity index (χ3n) is 3.63. The maximum Gasteiger partial charge on any atom is 0.343 e. The molecule has 0 bridgehead atoms. The zero-order valence-corrected chi connectivity index (χ0v) is 14.6. The summed E-state index contributed by atoms with van der Waals surface area (Å²) in [5, 5.41) is -0.270. The van der Waals surface area contributed by atoms with Gasteiger partial charge in [-0.15, -0.1) is 0 Å². The third kappa shape index (κ3) is 3.97. The van der Waals surface area contributed by atoms with E-state index in [1.165, 1.54) is 12.0 Å². The van der Waals surface area contributed by atoms with Gasteiger partial charge in [-0.2, -0.15) is 0 Å². The summed E-state index contributed by atoms with van der Waals surface area (Å²) in [6, 6.07) is 6.84. The average Bonchev–Trinajstić information content (AvgIpc) is 2.86. The number of methoxy groups -OCH3 is 1. The van der Waals surface area contributed by atoms with Gasteiger partial charge in [0.25, 0.3) is 11.1 Å². The molecule has 1 aliphatic rings. The Bertz CT molecular complexity index is 685. The maximum absolute atomic E-state index is 12.4. The first kappa shape index (κ1) is 18.1. The number of hydrogen-bond donors (Lipinski definition) is 0. The van der Waals surface area contributed by atoms with E-state index in [-0.39, 0.29) is 23.8 Å². The van der Waals surface area contributed by atoms with Gasteiger partial charge in [0.2, 0.25) is 0 Å². The molecule has 0 spiro atoms. The second-order valence-electron chi connectivity index (χ2n) is 5.21. The van der Waals surface area contributed by atoms with Gasteiger partial charge in [0.05, 0.1) is 12.0 Å². The van der Waals surface area contributed by atoms with Crippen molar-refractivity contribution in [3.8, 4) is 5.75 Å². The smallest absolute Gasteiger partial charge is 0.343 e. The number of para-hydroxylation sites is 1. The van der Waals surface area contributed by atoms with E-state index in [2.05, 4.69) is 4.74 Å². The van der Waals surface area contributed by atoms with E-state index in [0.29, 0.717) is 22.6 Å². The van der Waals surface area contributed by atoms with Crippen molar-refractivity contribution in [3.05, 3.63) is 34.7 Å². The normalized spacial score (nSPS) is 17.3. The highest BCUT2D eigenvalue weighted by atomic mass is 32.2. The topological polar surface area (TPSA) is 72.9 Å². The molecule has 6 nitrogen and oxygen atoms in total. The first-order valence-corrected chi connectivity index (χ1v) is 8.35. The Labute approximate surface area is 144 Å². The van der Waals surface area contributed by atoms with Crippen LogP contribution in [0, 0.1) is 0 Å². The molecule has 0 aliphatic carbocycles. The standard InChI is InChI=1S/C17H19NO5S/c1-4-11(2)18-16(20)14(24-17(18)21)9-12-7-5-6-8-13(12)23-10-15(19)22-3/h5-9,11H,4,10H2,1-3H3/b14-9+/t11-/m0/s1. The molecule has 1 fully saturated rings. The first-order valence-electron chi connectivity index (χ1n) is 7.53. The van der Waals surface area contributed by atoms with Gasteiger partial charge >= 0.3 is 5.97 Å². The van der Waals surface area contributed by atoms with Crippen LogP contribution in [0.4, 0.5) is 4.79 Å². The SMILES string of the molecule is CC[C@H](C)N1C(=O)S/C(=C/c2ccccc2OCC(=O)OC)C1=O. The van der Waals surface area contributed by atoms with E-state index >= 15 is 0 Å². The van der Waals surface area contributed by atoms with Crippen LogP contribution in [0.25, 0.3) is 6.08 Å². The molecule has 1 aliphatic heterocycles. The summed E-state index contributed by atoms with van der Waals surface area (Å²) < 4.78 is 9.96. The molecule has 1 atom stereocenters. The first-order chi connectivity index (χ1) is 11.5.